The van der Waals surface area contributed by atoms with E-state index in [0.717, 1.165) is 23.7 Å². The number of rotatable bonds is 14. The summed E-state index contributed by atoms with van der Waals surface area (Å²) in [5.74, 6) is 3.74. The third-order valence-electron chi connectivity index (χ3n) is 7.73. The molecule has 0 unspecified atom stereocenters. The minimum Gasteiger partial charge on any atom is -0.103 e. The van der Waals surface area contributed by atoms with Crippen LogP contribution in [0, 0.1) is 23.7 Å². The summed E-state index contributed by atoms with van der Waals surface area (Å²) in [5.41, 5.74) is 0. The highest BCUT2D eigenvalue weighted by atomic mass is 14.3. The van der Waals surface area contributed by atoms with E-state index in [0.29, 0.717) is 0 Å². The second-order valence-corrected chi connectivity index (χ2v) is 10.1. The lowest BCUT2D eigenvalue weighted by Gasteiger charge is -2.28. The van der Waals surface area contributed by atoms with E-state index in [9.17, 15) is 0 Å². The van der Waals surface area contributed by atoms with Gasteiger partial charge in [-0.15, -0.1) is 6.58 Å². The molecule has 0 saturated heterocycles. The molecule has 0 bridgehead atoms. The maximum atomic E-state index is 3.96. The quantitative estimate of drug-likeness (QED) is 0.206. The zero-order valence-corrected chi connectivity index (χ0v) is 19.2. The van der Waals surface area contributed by atoms with Gasteiger partial charge in [0.15, 0.2) is 0 Å². The number of allylic oxidation sites excluding steroid dienone is 3. The molecular weight excluding hydrogens is 336 g/mol. The predicted molar refractivity (Wildman–Crippen MR) is 127 cm³/mol. The summed E-state index contributed by atoms with van der Waals surface area (Å²) in [6, 6.07) is 0. The zero-order valence-electron chi connectivity index (χ0n) is 19.2. The first-order valence-electron chi connectivity index (χ1n) is 13.1. The van der Waals surface area contributed by atoms with Crippen LogP contribution in [-0.2, 0) is 0 Å². The molecule has 2 fully saturated rings. The summed E-state index contributed by atoms with van der Waals surface area (Å²) in [6.45, 7) is 6.27. The third kappa shape index (κ3) is 10.3. The molecule has 2 aliphatic rings. The molecule has 162 valence electrons. The minimum absolute atomic E-state index is 0.797. The van der Waals surface area contributed by atoms with Gasteiger partial charge < -0.3 is 0 Å². The first-order chi connectivity index (χ1) is 13.8. The van der Waals surface area contributed by atoms with Crippen molar-refractivity contribution in [3.63, 3.8) is 0 Å². The van der Waals surface area contributed by atoms with Gasteiger partial charge in [0.1, 0.15) is 0 Å². The molecule has 2 aliphatic carbocycles. The molecule has 0 aliphatic heterocycles. The van der Waals surface area contributed by atoms with E-state index in [2.05, 4.69) is 31.7 Å². The van der Waals surface area contributed by atoms with Crippen molar-refractivity contribution in [1.29, 1.82) is 0 Å². The fraction of sp³-hybridized carbons (Fsp3) is 0.857. The summed E-state index contributed by atoms with van der Waals surface area (Å²) in [6.07, 6.45) is 34.8. The van der Waals surface area contributed by atoms with Gasteiger partial charge in [-0.3, -0.25) is 0 Å². The summed E-state index contributed by atoms with van der Waals surface area (Å²) in [4.78, 5) is 0. The van der Waals surface area contributed by atoms with Crippen LogP contribution in [0.1, 0.15) is 129 Å². The van der Waals surface area contributed by atoms with E-state index in [4.69, 9.17) is 0 Å². The minimum atomic E-state index is 0.797. The fourth-order valence-corrected chi connectivity index (χ4v) is 5.57. The first-order valence-corrected chi connectivity index (χ1v) is 13.1. The predicted octanol–water partition coefficient (Wildman–Crippen LogP) is 9.65. The van der Waals surface area contributed by atoms with Crippen LogP contribution in [-0.4, -0.2) is 0 Å². The molecule has 2 rings (SSSR count). The Hall–Kier alpha value is -0.520. The molecule has 28 heavy (non-hydrogen) atoms. The molecule has 0 aromatic heterocycles. The van der Waals surface area contributed by atoms with Gasteiger partial charge >= 0.3 is 0 Å². The fourth-order valence-electron chi connectivity index (χ4n) is 5.57. The van der Waals surface area contributed by atoms with E-state index in [1.54, 1.807) is 0 Å². The Morgan fingerprint density at radius 1 is 0.643 bits per heavy atom. The van der Waals surface area contributed by atoms with Crippen molar-refractivity contribution in [3.05, 3.63) is 24.8 Å². The third-order valence-corrected chi connectivity index (χ3v) is 7.73. The summed E-state index contributed by atoms with van der Waals surface area (Å²) < 4.78 is 0. The molecule has 0 spiro atoms. The second-order valence-electron chi connectivity index (χ2n) is 10.1. The topological polar surface area (TPSA) is 0 Å². The molecule has 0 aromatic rings. The normalized spacial score (nSPS) is 28.6. The molecule has 0 N–H and O–H groups in total. The van der Waals surface area contributed by atoms with Crippen LogP contribution < -0.4 is 0 Å². The van der Waals surface area contributed by atoms with Crippen molar-refractivity contribution in [2.24, 2.45) is 23.7 Å². The van der Waals surface area contributed by atoms with Crippen LogP contribution in [0.4, 0.5) is 0 Å². The van der Waals surface area contributed by atoms with Crippen LogP contribution in [0.3, 0.4) is 0 Å². The van der Waals surface area contributed by atoms with Crippen LogP contribution in [0.15, 0.2) is 24.8 Å². The van der Waals surface area contributed by atoms with E-state index < -0.39 is 0 Å². The lowest BCUT2D eigenvalue weighted by molar-refractivity contribution is 0.249. The van der Waals surface area contributed by atoms with Gasteiger partial charge in [0.05, 0.1) is 0 Å². The zero-order chi connectivity index (χ0) is 19.9. The average molecular weight is 387 g/mol. The van der Waals surface area contributed by atoms with Crippen molar-refractivity contribution in [2.75, 3.05) is 0 Å². The van der Waals surface area contributed by atoms with Gasteiger partial charge in [0.25, 0.3) is 0 Å². The largest absolute Gasteiger partial charge is 0.103 e. The highest BCUT2D eigenvalue weighted by Gasteiger charge is 2.20. The van der Waals surface area contributed by atoms with Crippen LogP contribution in [0.25, 0.3) is 0 Å². The Bertz CT molecular complexity index is 390. The highest BCUT2D eigenvalue weighted by molar-refractivity contribution is 4.94. The Morgan fingerprint density at radius 3 is 1.79 bits per heavy atom. The summed E-state index contributed by atoms with van der Waals surface area (Å²) in [7, 11) is 0. The van der Waals surface area contributed by atoms with Crippen molar-refractivity contribution >= 4 is 0 Å². The monoisotopic (exact) mass is 386 g/mol. The average Bonchev–Trinajstić information content (AvgIpc) is 2.74. The molecule has 0 nitrogen and oxygen atoms in total. The van der Waals surface area contributed by atoms with Gasteiger partial charge in [0, 0.05) is 0 Å². The van der Waals surface area contributed by atoms with Gasteiger partial charge in [-0.1, -0.05) is 109 Å². The smallest absolute Gasteiger partial charge is 0.0233 e. The van der Waals surface area contributed by atoms with Crippen LogP contribution in [0.5, 0.6) is 0 Å². The molecule has 2 saturated carbocycles. The molecule has 0 heterocycles. The maximum absolute atomic E-state index is 3.96. The van der Waals surface area contributed by atoms with Crippen molar-refractivity contribution in [2.45, 2.75) is 129 Å². The first kappa shape index (κ1) is 23.8. The highest BCUT2D eigenvalue weighted by Crippen LogP contribution is 2.35. The molecule has 0 atom stereocenters. The molecule has 0 radical (unpaired) electrons. The molecule has 0 aromatic carbocycles. The van der Waals surface area contributed by atoms with Gasteiger partial charge in [0.2, 0.25) is 0 Å². The van der Waals surface area contributed by atoms with E-state index in [1.807, 2.05) is 0 Å². The van der Waals surface area contributed by atoms with Gasteiger partial charge in [-0.25, -0.2) is 0 Å². The maximum Gasteiger partial charge on any atom is -0.0233 e. The van der Waals surface area contributed by atoms with Crippen molar-refractivity contribution < 1.29 is 0 Å². The van der Waals surface area contributed by atoms with E-state index in [1.165, 1.54) is 122 Å². The Kier molecular flexibility index (Phi) is 13.0. The number of hydrogen-bond donors (Lipinski definition) is 0. The van der Waals surface area contributed by atoms with Crippen LogP contribution >= 0.6 is 0 Å². The summed E-state index contributed by atoms with van der Waals surface area (Å²) in [5, 5.41) is 0. The van der Waals surface area contributed by atoms with Crippen molar-refractivity contribution in [1.82, 2.24) is 0 Å². The van der Waals surface area contributed by atoms with E-state index >= 15 is 0 Å². The van der Waals surface area contributed by atoms with E-state index in [-0.39, 0.29) is 0 Å². The molecule has 0 amide bonds. The number of hydrogen-bond acceptors (Lipinski definition) is 0. The molecular formula is C28H50. The SMILES string of the molecule is C=C[C@H]1CC[C@H](/C=C/CC[C@H]2CC[C@H](CCCCCCCCCC)CC2)CC1. The van der Waals surface area contributed by atoms with Gasteiger partial charge in [-0.05, 0) is 62.2 Å². The Balaban J connectivity index is 1.42. The number of unbranched alkanes of at least 4 members (excludes halogenated alkanes) is 7. The van der Waals surface area contributed by atoms with Gasteiger partial charge in [-0.2, -0.15) is 0 Å². The van der Waals surface area contributed by atoms with Crippen LogP contribution in [0.2, 0.25) is 0 Å². The lowest BCUT2D eigenvalue weighted by Crippen LogP contribution is -2.14. The Morgan fingerprint density at radius 2 is 1.18 bits per heavy atom. The second kappa shape index (κ2) is 15.3. The lowest BCUT2D eigenvalue weighted by atomic mass is 9.78. The Labute approximate surface area is 177 Å². The molecule has 0 heteroatoms. The summed E-state index contributed by atoms with van der Waals surface area (Å²) >= 11 is 0. The van der Waals surface area contributed by atoms with Crippen molar-refractivity contribution in [3.8, 4) is 0 Å². The standard InChI is InChI=1S/C28H50/c1-3-5-6-7-8-9-10-11-14-26-21-23-28(24-22-26)16-13-12-15-27-19-17-25(4-2)18-20-27/h4,12,15,25-28H,2-3,5-11,13-14,16-24H2,1H3/b15-12+/t25-,26-,27-,28-.